The highest BCUT2D eigenvalue weighted by Crippen LogP contribution is 2.54. The monoisotopic (exact) mass is 655 g/mol. The Morgan fingerprint density at radius 1 is 0.353 bits per heavy atom. The summed E-state index contributed by atoms with van der Waals surface area (Å²) in [6, 6.07) is 64.5. The Balaban J connectivity index is 1.19. The van der Waals surface area contributed by atoms with Gasteiger partial charge in [-0.15, -0.1) is 0 Å². The molecule has 0 aromatic heterocycles. The Labute approximate surface area is 301 Å². The molecule has 0 saturated carbocycles. The molecule has 0 aliphatic heterocycles. The van der Waals surface area contributed by atoms with Crippen molar-refractivity contribution in [3.63, 3.8) is 0 Å². The van der Waals surface area contributed by atoms with Crippen molar-refractivity contribution < 1.29 is 0 Å². The topological polar surface area (TPSA) is 3.24 Å². The first kappa shape index (κ1) is 31.1. The Bertz CT molecular complexity index is 2580. The molecule has 8 aromatic carbocycles. The molecule has 0 saturated heterocycles. The summed E-state index contributed by atoms with van der Waals surface area (Å²) in [6.07, 6.45) is 0. The molecule has 0 amide bonds. The highest BCUT2D eigenvalue weighted by molar-refractivity contribution is 6.16. The second-order valence-corrected chi connectivity index (χ2v) is 15.0. The lowest BCUT2D eigenvalue weighted by Gasteiger charge is -2.47. The summed E-state index contributed by atoms with van der Waals surface area (Å²) in [5, 5.41) is 5.45. The van der Waals surface area contributed by atoms with Crippen LogP contribution < -0.4 is 4.90 Å². The van der Waals surface area contributed by atoms with Gasteiger partial charge in [0.2, 0.25) is 0 Å². The van der Waals surface area contributed by atoms with E-state index < -0.39 is 0 Å². The lowest BCUT2D eigenvalue weighted by atomic mass is 9.56. The van der Waals surface area contributed by atoms with Crippen LogP contribution >= 0.6 is 0 Å². The van der Waals surface area contributed by atoms with Crippen molar-refractivity contribution in [1.82, 2.24) is 0 Å². The number of anilines is 3. The summed E-state index contributed by atoms with van der Waals surface area (Å²) in [4.78, 5) is 2.38. The fourth-order valence-corrected chi connectivity index (χ4v) is 8.36. The van der Waals surface area contributed by atoms with Gasteiger partial charge in [0, 0.05) is 17.1 Å². The van der Waals surface area contributed by atoms with Gasteiger partial charge in [-0.25, -0.2) is 0 Å². The van der Waals surface area contributed by atoms with Crippen LogP contribution in [0.5, 0.6) is 0 Å². The van der Waals surface area contributed by atoms with E-state index in [1.54, 1.807) is 0 Å². The number of rotatable bonds is 6. The van der Waals surface area contributed by atoms with Crippen molar-refractivity contribution in [1.29, 1.82) is 0 Å². The van der Waals surface area contributed by atoms with E-state index in [2.05, 4.69) is 209 Å². The third-order valence-corrected chi connectivity index (χ3v) is 11.8. The molecule has 0 heterocycles. The Kier molecular flexibility index (Phi) is 7.22. The molecule has 0 bridgehead atoms. The van der Waals surface area contributed by atoms with Crippen molar-refractivity contribution in [2.75, 3.05) is 4.90 Å². The molecule has 8 aromatic rings. The molecule has 0 fully saturated rings. The van der Waals surface area contributed by atoms with Crippen LogP contribution in [-0.2, 0) is 10.8 Å². The fraction of sp³-hybridized carbons (Fsp3) is 0.120. The van der Waals surface area contributed by atoms with E-state index in [0.717, 1.165) is 17.1 Å². The minimum absolute atomic E-state index is 0.00279. The van der Waals surface area contributed by atoms with Gasteiger partial charge < -0.3 is 4.90 Å². The summed E-state index contributed by atoms with van der Waals surface area (Å²) >= 11 is 0. The average molecular weight is 656 g/mol. The normalized spacial score (nSPS) is 14.2. The second-order valence-electron chi connectivity index (χ2n) is 15.0. The van der Waals surface area contributed by atoms with Gasteiger partial charge in [-0.05, 0) is 119 Å². The lowest BCUT2D eigenvalue weighted by Crippen LogP contribution is -2.42. The standard InChI is InChI=1S/C50H41N/c1-49(2)45-26-14-17-35-27-28-44-43(29-30-46(50(49,3)4)48(44)47(35)45)39-21-13-25-42(33-39)51(40-22-9-6-10-23-40)41-24-12-20-38(32-41)37-19-11-18-36(31-37)34-15-7-5-8-16-34/h5-33H,1-4H3. The molecule has 246 valence electrons. The van der Waals surface area contributed by atoms with Crippen LogP contribution in [-0.4, -0.2) is 0 Å². The maximum absolute atomic E-state index is 2.42. The summed E-state index contributed by atoms with van der Waals surface area (Å²) in [7, 11) is 0. The molecule has 0 radical (unpaired) electrons. The number of para-hydroxylation sites is 1. The van der Waals surface area contributed by atoms with Crippen molar-refractivity contribution in [3.8, 4) is 33.4 Å². The van der Waals surface area contributed by atoms with Crippen molar-refractivity contribution in [3.05, 3.63) is 187 Å². The highest BCUT2D eigenvalue weighted by atomic mass is 15.1. The van der Waals surface area contributed by atoms with Gasteiger partial charge in [-0.1, -0.05) is 161 Å². The van der Waals surface area contributed by atoms with Crippen LogP contribution in [0.3, 0.4) is 0 Å². The molecule has 1 heteroatoms. The third kappa shape index (κ3) is 4.99. The highest BCUT2D eigenvalue weighted by Gasteiger charge is 2.45. The maximum Gasteiger partial charge on any atom is 0.0467 e. The van der Waals surface area contributed by atoms with Crippen LogP contribution in [0.2, 0.25) is 0 Å². The molecular weight excluding hydrogens is 615 g/mol. The van der Waals surface area contributed by atoms with Gasteiger partial charge in [0.15, 0.2) is 0 Å². The first-order chi connectivity index (χ1) is 24.8. The van der Waals surface area contributed by atoms with Gasteiger partial charge in [0.1, 0.15) is 0 Å². The first-order valence-electron chi connectivity index (χ1n) is 18.0. The predicted octanol–water partition coefficient (Wildman–Crippen LogP) is 14.0. The zero-order chi connectivity index (χ0) is 34.7. The molecule has 0 unspecified atom stereocenters. The molecule has 1 nitrogen and oxygen atoms in total. The fourth-order valence-electron chi connectivity index (χ4n) is 8.36. The number of hydrogen-bond donors (Lipinski definition) is 0. The van der Waals surface area contributed by atoms with Gasteiger partial charge in [-0.3, -0.25) is 0 Å². The van der Waals surface area contributed by atoms with Crippen LogP contribution in [0.1, 0.15) is 38.8 Å². The van der Waals surface area contributed by atoms with E-state index >= 15 is 0 Å². The van der Waals surface area contributed by atoms with Crippen LogP contribution in [0, 0.1) is 0 Å². The van der Waals surface area contributed by atoms with E-state index in [-0.39, 0.29) is 10.8 Å². The zero-order valence-electron chi connectivity index (χ0n) is 29.7. The molecule has 9 rings (SSSR count). The minimum Gasteiger partial charge on any atom is -0.310 e. The zero-order valence-corrected chi connectivity index (χ0v) is 29.7. The Morgan fingerprint density at radius 3 is 1.57 bits per heavy atom. The van der Waals surface area contributed by atoms with Crippen molar-refractivity contribution in [2.45, 2.75) is 38.5 Å². The third-order valence-electron chi connectivity index (χ3n) is 11.8. The Morgan fingerprint density at radius 2 is 0.863 bits per heavy atom. The average Bonchev–Trinajstić information content (AvgIpc) is 3.17. The SMILES string of the molecule is CC1(C)c2cccc3ccc4c(-c5cccc(N(c6ccccc6)c6cccc(-c7cccc(-c8ccccc8)c7)c6)c5)ccc(c4c23)C1(C)C. The predicted molar refractivity (Wildman–Crippen MR) is 218 cm³/mol. The number of nitrogens with zero attached hydrogens (tertiary/aromatic N) is 1. The summed E-state index contributed by atoms with van der Waals surface area (Å²) in [6.45, 7) is 9.66. The number of benzene rings is 8. The summed E-state index contributed by atoms with van der Waals surface area (Å²) in [5.74, 6) is 0. The molecule has 0 atom stereocenters. The molecule has 51 heavy (non-hydrogen) atoms. The Hall–Kier alpha value is -5.92. The van der Waals surface area contributed by atoms with Crippen LogP contribution in [0.25, 0.3) is 54.9 Å². The van der Waals surface area contributed by atoms with Crippen LogP contribution in [0.15, 0.2) is 176 Å². The van der Waals surface area contributed by atoms with Crippen molar-refractivity contribution >= 4 is 38.6 Å². The maximum atomic E-state index is 2.42. The van der Waals surface area contributed by atoms with Crippen LogP contribution in [0.4, 0.5) is 17.1 Å². The van der Waals surface area contributed by atoms with E-state index in [1.165, 1.54) is 66.1 Å². The smallest absolute Gasteiger partial charge is 0.0467 e. The molecule has 0 spiro atoms. The van der Waals surface area contributed by atoms with Gasteiger partial charge >= 0.3 is 0 Å². The molecular formula is C50H41N. The van der Waals surface area contributed by atoms with E-state index in [4.69, 9.17) is 0 Å². The second kappa shape index (κ2) is 11.9. The molecule has 1 aliphatic rings. The largest absolute Gasteiger partial charge is 0.310 e. The van der Waals surface area contributed by atoms with E-state index in [9.17, 15) is 0 Å². The number of hydrogen-bond acceptors (Lipinski definition) is 1. The van der Waals surface area contributed by atoms with E-state index in [0.29, 0.717) is 0 Å². The first-order valence-corrected chi connectivity index (χ1v) is 18.0. The summed E-state index contributed by atoms with van der Waals surface area (Å²) in [5.41, 5.74) is 13.5. The lowest BCUT2D eigenvalue weighted by molar-refractivity contribution is 0.304. The molecule has 1 aliphatic carbocycles. The molecule has 0 N–H and O–H groups in total. The van der Waals surface area contributed by atoms with E-state index in [1.807, 2.05) is 0 Å². The van der Waals surface area contributed by atoms with Gasteiger partial charge in [0.05, 0.1) is 0 Å². The van der Waals surface area contributed by atoms with Gasteiger partial charge in [-0.2, -0.15) is 0 Å². The quantitative estimate of drug-likeness (QED) is 0.161. The minimum atomic E-state index is -0.0238. The van der Waals surface area contributed by atoms with Crippen molar-refractivity contribution in [2.24, 2.45) is 0 Å². The summed E-state index contributed by atoms with van der Waals surface area (Å²) < 4.78 is 0. The van der Waals surface area contributed by atoms with Gasteiger partial charge in [0.25, 0.3) is 0 Å².